The molecule has 0 aliphatic carbocycles. The van der Waals surface area contributed by atoms with Gasteiger partial charge in [-0.05, 0) is 31.5 Å². The molecule has 2 aliphatic rings. The number of carbonyl (C=O) groups excluding carboxylic acids is 1. The van der Waals surface area contributed by atoms with Crippen molar-refractivity contribution >= 4 is 33.0 Å². The van der Waals surface area contributed by atoms with E-state index in [0.29, 0.717) is 13.0 Å². The van der Waals surface area contributed by atoms with Crippen molar-refractivity contribution in [2.24, 2.45) is 0 Å². The van der Waals surface area contributed by atoms with E-state index in [4.69, 9.17) is 11.6 Å². The summed E-state index contributed by atoms with van der Waals surface area (Å²) in [6.45, 7) is 5.36. The van der Waals surface area contributed by atoms with Crippen molar-refractivity contribution in [2.45, 2.75) is 18.9 Å². The third kappa shape index (κ3) is 4.86. The van der Waals surface area contributed by atoms with Gasteiger partial charge in [0.25, 0.3) is 0 Å². The molecule has 138 valence electrons. The molecule has 25 heavy (non-hydrogen) atoms. The number of rotatable bonds is 4. The highest BCUT2D eigenvalue weighted by Crippen LogP contribution is 2.23. The first-order chi connectivity index (χ1) is 11.7. The summed E-state index contributed by atoms with van der Waals surface area (Å²) in [6, 6.07) is 7.78. The number of nitrogens with zero attached hydrogens (tertiary/aromatic N) is 2. The van der Waals surface area contributed by atoms with Crippen LogP contribution in [0.25, 0.3) is 0 Å². The Morgan fingerprint density at radius 3 is 2.60 bits per heavy atom. The first-order valence-corrected chi connectivity index (χ1v) is 10.7. The minimum absolute atomic E-state index is 0.0360. The molecule has 0 unspecified atom stereocenters. The highest BCUT2D eigenvalue weighted by atomic mass is 35.5. The minimum atomic E-state index is -3.02. The maximum Gasteiger partial charge on any atom is 0.234 e. The number of nitrogens with one attached hydrogen (secondary N) is 1. The molecule has 2 saturated heterocycles. The van der Waals surface area contributed by atoms with Crippen LogP contribution in [0.5, 0.6) is 0 Å². The number of amides is 1. The van der Waals surface area contributed by atoms with Gasteiger partial charge in [0.2, 0.25) is 5.91 Å². The van der Waals surface area contributed by atoms with Crippen LogP contribution in [0, 0.1) is 0 Å². The molecule has 0 radical (unpaired) electrons. The summed E-state index contributed by atoms with van der Waals surface area (Å²) in [7, 11) is -3.02. The second-order valence-corrected chi connectivity index (χ2v) is 9.81. The highest BCUT2D eigenvalue weighted by molar-refractivity contribution is 7.91. The molecule has 3 rings (SSSR count). The topological polar surface area (TPSA) is 69.7 Å². The van der Waals surface area contributed by atoms with Gasteiger partial charge in [0.05, 0.1) is 23.6 Å². The van der Waals surface area contributed by atoms with E-state index in [1.54, 1.807) is 0 Å². The third-order valence-electron chi connectivity index (χ3n) is 4.86. The number of sulfone groups is 1. The van der Waals surface area contributed by atoms with E-state index in [1.165, 1.54) is 0 Å². The smallest absolute Gasteiger partial charge is 0.234 e. The fraction of sp³-hybridized carbons (Fsp3) is 0.588. The average Bonchev–Trinajstić information content (AvgIpc) is 2.81. The van der Waals surface area contributed by atoms with E-state index in [0.717, 1.165) is 36.9 Å². The molecule has 0 spiro atoms. The zero-order valence-electron chi connectivity index (χ0n) is 14.4. The molecule has 2 aliphatic heterocycles. The van der Waals surface area contributed by atoms with E-state index < -0.39 is 15.4 Å². The van der Waals surface area contributed by atoms with Crippen molar-refractivity contribution in [1.82, 2.24) is 10.2 Å². The van der Waals surface area contributed by atoms with Gasteiger partial charge in [-0.15, -0.1) is 0 Å². The molecule has 1 atom stereocenters. The molecule has 1 aromatic rings. The summed E-state index contributed by atoms with van der Waals surface area (Å²) in [6.07, 6.45) is 0.490. The van der Waals surface area contributed by atoms with E-state index in [9.17, 15) is 13.2 Å². The third-order valence-corrected chi connectivity index (χ3v) is 7.00. The Labute approximate surface area is 154 Å². The Balaban J connectivity index is 1.48. The normalized spacial score (nSPS) is 26.6. The van der Waals surface area contributed by atoms with E-state index in [-0.39, 0.29) is 17.4 Å². The van der Waals surface area contributed by atoms with Crippen LogP contribution in [0.1, 0.15) is 13.3 Å². The Hall–Kier alpha value is -1.31. The Bertz CT molecular complexity index is 747. The second kappa shape index (κ2) is 7.13. The lowest BCUT2D eigenvalue weighted by atomic mass is 10.0. The first-order valence-electron chi connectivity index (χ1n) is 8.49. The van der Waals surface area contributed by atoms with Crippen molar-refractivity contribution < 1.29 is 13.2 Å². The number of carbonyl (C=O) groups is 1. The van der Waals surface area contributed by atoms with E-state index in [2.05, 4.69) is 15.1 Å². The van der Waals surface area contributed by atoms with Crippen molar-refractivity contribution in [2.75, 3.05) is 49.1 Å². The molecule has 1 N–H and O–H groups in total. The number of hydrogen-bond donors (Lipinski definition) is 1. The second-order valence-electron chi connectivity index (χ2n) is 7.19. The van der Waals surface area contributed by atoms with Crippen LogP contribution in [0.15, 0.2) is 24.3 Å². The standard InChI is InChI=1S/C17H24ClN3O3S/c1-17(5-10-25(23,24)13-17)19-16(22)12-20-6-8-21(9-7-20)15-4-2-3-14(18)11-15/h2-4,11H,5-10,12-13H2,1H3,(H,19,22)/t17-/m0/s1. The average molecular weight is 386 g/mol. The lowest BCUT2D eigenvalue weighted by molar-refractivity contribution is -0.123. The van der Waals surface area contributed by atoms with Crippen molar-refractivity contribution in [3.05, 3.63) is 29.3 Å². The molecule has 2 heterocycles. The van der Waals surface area contributed by atoms with Gasteiger partial charge in [-0.1, -0.05) is 17.7 Å². The van der Waals surface area contributed by atoms with E-state index in [1.807, 2.05) is 31.2 Å². The molecule has 1 aromatic carbocycles. The number of piperazine rings is 1. The number of hydrogen-bond acceptors (Lipinski definition) is 5. The first kappa shape index (κ1) is 18.5. The SMILES string of the molecule is C[C@]1(NC(=O)CN2CCN(c3cccc(Cl)c3)CC2)CCS(=O)(=O)C1. The molecule has 2 fully saturated rings. The number of benzene rings is 1. The molecule has 0 bridgehead atoms. The van der Waals surface area contributed by atoms with Crippen molar-refractivity contribution in [1.29, 1.82) is 0 Å². The van der Waals surface area contributed by atoms with Gasteiger partial charge in [-0.2, -0.15) is 0 Å². The molecular weight excluding hydrogens is 362 g/mol. The summed E-state index contributed by atoms with van der Waals surface area (Å²) in [5, 5.41) is 3.64. The predicted octanol–water partition coefficient (Wildman–Crippen LogP) is 1.16. The van der Waals surface area contributed by atoms with Crippen molar-refractivity contribution in [3.63, 3.8) is 0 Å². The molecule has 8 heteroatoms. The number of anilines is 1. The van der Waals surface area contributed by atoms with Crippen LogP contribution in [0.2, 0.25) is 5.02 Å². The van der Waals surface area contributed by atoms with Gasteiger partial charge < -0.3 is 10.2 Å². The summed E-state index contributed by atoms with van der Waals surface area (Å²) in [5.74, 6) is 0.0897. The Morgan fingerprint density at radius 1 is 1.28 bits per heavy atom. The Kier molecular flexibility index (Phi) is 5.27. The molecule has 0 aromatic heterocycles. The highest BCUT2D eigenvalue weighted by Gasteiger charge is 2.39. The van der Waals surface area contributed by atoms with Crippen LogP contribution in [-0.2, 0) is 14.6 Å². The van der Waals surface area contributed by atoms with Crippen LogP contribution >= 0.6 is 11.6 Å². The molecule has 6 nitrogen and oxygen atoms in total. The van der Waals surface area contributed by atoms with Gasteiger partial charge in [0, 0.05) is 36.9 Å². The fourth-order valence-corrected chi connectivity index (χ4v) is 5.80. The van der Waals surface area contributed by atoms with Gasteiger partial charge >= 0.3 is 0 Å². The quantitative estimate of drug-likeness (QED) is 0.842. The summed E-state index contributed by atoms with van der Waals surface area (Å²) in [5.41, 5.74) is 0.471. The van der Waals surface area contributed by atoms with Gasteiger partial charge in [0.1, 0.15) is 0 Å². The summed E-state index contributed by atoms with van der Waals surface area (Å²) in [4.78, 5) is 16.7. The minimum Gasteiger partial charge on any atom is -0.369 e. The van der Waals surface area contributed by atoms with Crippen LogP contribution in [0.4, 0.5) is 5.69 Å². The van der Waals surface area contributed by atoms with E-state index >= 15 is 0 Å². The zero-order valence-corrected chi connectivity index (χ0v) is 15.9. The van der Waals surface area contributed by atoms with Gasteiger partial charge in [-0.25, -0.2) is 8.42 Å². The van der Waals surface area contributed by atoms with Gasteiger partial charge in [-0.3, -0.25) is 9.69 Å². The van der Waals surface area contributed by atoms with Gasteiger partial charge in [0.15, 0.2) is 9.84 Å². The summed E-state index contributed by atoms with van der Waals surface area (Å²) >= 11 is 6.04. The van der Waals surface area contributed by atoms with Crippen LogP contribution < -0.4 is 10.2 Å². The lowest BCUT2D eigenvalue weighted by Crippen LogP contribution is -2.53. The number of halogens is 1. The maximum atomic E-state index is 12.3. The lowest BCUT2D eigenvalue weighted by Gasteiger charge is -2.36. The summed E-state index contributed by atoms with van der Waals surface area (Å²) < 4.78 is 23.3. The Morgan fingerprint density at radius 2 is 2.00 bits per heavy atom. The fourth-order valence-electron chi connectivity index (χ4n) is 3.53. The van der Waals surface area contributed by atoms with Crippen LogP contribution in [0.3, 0.4) is 0 Å². The van der Waals surface area contributed by atoms with Crippen molar-refractivity contribution in [3.8, 4) is 0 Å². The molecule has 1 amide bonds. The van der Waals surface area contributed by atoms with Crippen LogP contribution in [-0.4, -0.2) is 69.0 Å². The monoisotopic (exact) mass is 385 g/mol. The molecule has 0 saturated carbocycles. The largest absolute Gasteiger partial charge is 0.369 e. The maximum absolute atomic E-state index is 12.3. The zero-order chi connectivity index (χ0) is 18.1. The molecular formula is C17H24ClN3O3S. The predicted molar refractivity (Wildman–Crippen MR) is 99.9 cm³/mol.